The maximum Gasteiger partial charge on any atom is 0.487 e. The van der Waals surface area contributed by atoms with Crippen LogP contribution < -0.4 is 0 Å². The maximum atomic E-state index is 5.49. The minimum Gasteiger partial charge on any atom is -0.413 e. The van der Waals surface area contributed by atoms with E-state index in [0.717, 1.165) is 26.1 Å². The molecule has 0 aliphatic heterocycles. The second-order valence-corrected chi connectivity index (χ2v) is 9.62. The second-order valence-electron chi connectivity index (χ2n) is 9.62. The molecule has 2 nitrogen and oxygen atoms in total. The van der Waals surface area contributed by atoms with Crippen LogP contribution in [0, 0.1) is 0 Å². The van der Waals surface area contributed by atoms with Gasteiger partial charge in [-0.05, 0) is 12.8 Å². The largest absolute Gasteiger partial charge is 0.487 e. The summed E-state index contributed by atoms with van der Waals surface area (Å²) >= 11 is 0. The van der Waals surface area contributed by atoms with E-state index in [1.165, 1.54) is 141 Å². The Morgan fingerprint density at radius 3 is 0.806 bits per heavy atom. The molecule has 0 aromatic heterocycles. The van der Waals surface area contributed by atoms with Crippen LogP contribution in [0.25, 0.3) is 0 Å². The number of unbranched alkanes of at least 4 members (excludes halogenated alkanes) is 22. The van der Waals surface area contributed by atoms with Crippen LogP contribution >= 0.6 is 0 Å². The van der Waals surface area contributed by atoms with Crippen LogP contribution in [0.3, 0.4) is 0 Å². The molecular weight excluding hydrogens is 379 g/mol. The topological polar surface area (TPSA) is 18.5 Å². The van der Waals surface area contributed by atoms with Crippen molar-refractivity contribution in [3.05, 3.63) is 0 Å². The fraction of sp³-hybridized carbons (Fsp3) is 1.00. The Morgan fingerprint density at radius 2 is 0.548 bits per heavy atom. The lowest BCUT2D eigenvalue weighted by Crippen LogP contribution is -2.07. The highest BCUT2D eigenvalue weighted by molar-refractivity contribution is 6.17. The number of hydrogen-bond acceptors (Lipinski definition) is 2. The molecule has 1 radical (unpaired) electrons. The monoisotopic (exact) mass is 437 g/mol. The van der Waals surface area contributed by atoms with Gasteiger partial charge in [0.15, 0.2) is 0 Å². The minimum atomic E-state index is 0.815. The molecule has 0 N–H and O–H groups in total. The summed E-state index contributed by atoms with van der Waals surface area (Å²) in [5.41, 5.74) is 0. The Morgan fingerprint density at radius 1 is 0.323 bits per heavy atom. The molecule has 0 amide bonds. The minimum absolute atomic E-state index is 0.815. The van der Waals surface area contributed by atoms with E-state index in [1.807, 2.05) is 0 Å². The molecule has 0 fully saturated rings. The van der Waals surface area contributed by atoms with Gasteiger partial charge in [-0.3, -0.25) is 0 Å². The van der Waals surface area contributed by atoms with Gasteiger partial charge in [-0.2, -0.15) is 0 Å². The Bertz CT molecular complexity index is 271. The van der Waals surface area contributed by atoms with Gasteiger partial charge in [0.25, 0.3) is 0 Å². The lowest BCUT2D eigenvalue weighted by molar-refractivity contribution is 0.213. The molecule has 0 saturated heterocycles. The van der Waals surface area contributed by atoms with Crippen molar-refractivity contribution in [1.82, 2.24) is 0 Å². The lowest BCUT2D eigenvalue weighted by Gasteiger charge is -2.05. The summed E-state index contributed by atoms with van der Waals surface area (Å²) in [6.07, 6.45) is 33.2. The van der Waals surface area contributed by atoms with Crippen molar-refractivity contribution >= 4 is 7.69 Å². The van der Waals surface area contributed by atoms with Crippen LogP contribution in [-0.2, 0) is 9.31 Å². The van der Waals surface area contributed by atoms with E-state index in [9.17, 15) is 0 Å². The summed E-state index contributed by atoms with van der Waals surface area (Å²) in [4.78, 5) is 0. The summed E-state index contributed by atoms with van der Waals surface area (Å²) in [6, 6.07) is 0. The van der Waals surface area contributed by atoms with Crippen molar-refractivity contribution in [1.29, 1.82) is 0 Å². The van der Waals surface area contributed by atoms with Crippen molar-refractivity contribution in [2.24, 2.45) is 0 Å². The van der Waals surface area contributed by atoms with Gasteiger partial charge in [0, 0.05) is 13.2 Å². The third-order valence-corrected chi connectivity index (χ3v) is 6.37. The van der Waals surface area contributed by atoms with Gasteiger partial charge in [-0.1, -0.05) is 155 Å². The summed E-state index contributed by atoms with van der Waals surface area (Å²) < 4.78 is 11.0. The third-order valence-electron chi connectivity index (χ3n) is 6.37. The molecule has 0 aromatic rings. The molecule has 0 aliphatic rings. The smallest absolute Gasteiger partial charge is 0.413 e. The average molecular weight is 438 g/mol. The predicted molar refractivity (Wildman–Crippen MR) is 140 cm³/mol. The zero-order valence-corrected chi connectivity index (χ0v) is 21.8. The number of hydrogen-bond donors (Lipinski definition) is 0. The van der Waals surface area contributed by atoms with E-state index < -0.39 is 0 Å². The zero-order chi connectivity index (χ0) is 22.5. The molecule has 0 spiro atoms. The number of rotatable bonds is 28. The highest BCUT2D eigenvalue weighted by atomic mass is 16.6. The fourth-order valence-electron chi connectivity index (χ4n) is 4.20. The van der Waals surface area contributed by atoms with Gasteiger partial charge in [-0.25, -0.2) is 0 Å². The Labute approximate surface area is 198 Å². The third kappa shape index (κ3) is 30.0. The van der Waals surface area contributed by atoms with Gasteiger partial charge in [0.05, 0.1) is 0 Å². The molecule has 0 unspecified atom stereocenters. The second kappa shape index (κ2) is 30.0. The molecule has 0 atom stereocenters. The molecule has 0 bridgehead atoms. The Balaban J connectivity index is 2.98. The molecular formula is C28H58BO2. The van der Waals surface area contributed by atoms with Gasteiger partial charge in [0.1, 0.15) is 0 Å². The van der Waals surface area contributed by atoms with Gasteiger partial charge < -0.3 is 9.31 Å². The van der Waals surface area contributed by atoms with Gasteiger partial charge in [-0.15, -0.1) is 0 Å². The molecule has 3 heteroatoms. The normalized spacial score (nSPS) is 11.3. The van der Waals surface area contributed by atoms with Gasteiger partial charge >= 0.3 is 7.69 Å². The van der Waals surface area contributed by atoms with E-state index >= 15 is 0 Å². The first-order valence-corrected chi connectivity index (χ1v) is 14.5. The van der Waals surface area contributed by atoms with Crippen LogP contribution in [0.2, 0.25) is 0 Å². The van der Waals surface area contributed by atoms with Crippen LogP contribution in [-0.4, -0.2) is 20.9 Å². The van der Waals surface area contributed by atoms with Crippen molar-refractivity contribution in [3.8, 4) is 0 Å². The SMILES string of the molecule is CCCCCCCCCCCCCCO[B]OCCCCCCCCCCCCCC. The van der Waals surface area contributed by atoms with Gasteiger partial charge in [0.2, 0.25) is 0 Å². The standard InChI is InChI=1S/C28H58BO2/c1-3-5-7-9-11-13-15-17-19-21-23-25-27-30-29-31-28-26-24-22-20-18-16-14-12-10-8-6-4-2/h3-28H2,1-2H3. The van der Waals surface area contributed by atoms with Crippen molar-refractivity contribution in [2.45, 2.75) is 168 Å². The summed E-state index contributed by atoms with van der Waals surface area (Å²) in [5, 5.41) is 0. The molecule has 0 aromatic carbocycles. The summed E-state index contributed by atoms with van der Waals surface area (Å²) in [7, 11) is 1.58. The molecule has 0 rings (SSSR count). The summed E-state index contributed by atoms with van der Waals surface area (Å²) in [6.45, 7) is 6.21. The van der Waals surface area contributed by atoms with Crippen LogP contribution in [0.4, 0.5) is 0 Å². The highest BCUT2D eigenvalue weighted by Gasteiger charge is 1.97. The van der Waals surface area contributed by atoms with Crippen molar-refractivity contribution < 1.29 is 9.31 Å². The molecule has 185 valence electrons. The first kappa shape index (κ1) is 31.0. The molecule has 0 heterocycles. The maximum absolute atomic E-state index is 5.49. The first-order valence-electron chi connectivity index (χ1n) is 14.5. The van der Waals surface area contributed by atoms with Crippen LogP contribution in [0.15, 0.2) is 0 Å². The van der Waals surface area contributed by atoms with Crippen LogP contribution in [0.1, 0.15) is 168 Å². The first-order chi connectivity index (χ1) is 15.4. The van der Waals surface area contributed by atoms with E-state index in [1.54, 1.807) is 7.69 Å². The quantitative estimate of drug-likeness (QED) is 0.0895. The molecule has 0 saturated carbocycles. The predicted octanol–water partition coefficient (Wildman–Crippen LogP) is 9.96. The van der Waals surface area contributed by atoms with E-state index in [2.05, 4.69) is 13.8 Å². The highest BCUT2D eigenvalue weighted by Crippen LogP contribution is 2.13. The average Bonchev–Trinajstić information content (AvgIpc) is 2.78. The molecule has 31 heavy (non-hydrogen) atoms. The van der Waals surface area contributed by atoms with E-state index in [0.29, 0.717) is 0 Å². The van der Waals surface area contributed by atoms with Crippen molar-refractivity contribution in [2.75, 3.05) is 13.2 Å². The Hall–Kier alpha value is -0.0151. The fourth-order valence-corrected chi connectivity index (χ4v) is 4.20. The van der Waals surface area contributed by atoms with E-state index in [4.69, 9.17) is 9.31 Å². The Kier molecular flexibility index (Phi) is 30.0. The zero-order valence-electron chi connectivity index (χ0n) is 21.8. The molecule has 0 aliphatic carbocycles. The van der Waals surface area contributed by atoms with E-state index in [-0.39, 0.29) is 0 Å². The van der Waals surface area contributed by atoms with Crippen molar-refractivity contribution in [3.63, 3.8) is 0 Å². The summed E-state index contributed by atoms with van der Waals surface area (Å²) in [5.74, 6) is 0. The van der Waals surface area contributed by atoms with Crippen LogP contribution in [0.5, 0.6) is 0 Å². The lowest BCUT2D eigenvalue weighted by atomic mass is 10.1.